The van der Waals surface area contributed by atoms with E-state index < -0.39 is 0 Å². The van der Waals surface area contributed by atoms with Crippen molar-refractivity contribution in [2.24, 2.45) is 0 Å². The van der Waals surface area contributed by atoms with Crippen LogP contribution in [0.2, 0.25) is 0 Å². The van der Waals surface area contributed by atoms with Crippen molar-refractivity contribution >= 4 is 17.4 Å². The van der Waals surface area contributed by atoms with Gasteiger partial charge in [-0.3, -0.25) is 4.79 Å². The minimum Gasteiger partial charge on any atom is -0.370 e. The molecule has 0 amide bonds. The smallest absolute Gasteiger partial charge is 0.134 e. The zero-order chi connectivity index (χ0) is 13.7. The number of ketones is 1. The van der Waals surface area contributed by atoms with Gasteiger partial charge in [-0.05, 0) is 19.3 Å². The summed E-state index contributed by atoms with van der Waals surface area (Å²) >= 11 is 0. The summed E-state index contributed by atoms with van der Waals surface area (Å²) in [5.41, 5.74) is 0. The molecule has 0 aromatic carbocycles. The summed E-state index contributed by atoms with van der Waals surface area (Å²) in [7, 11) is 2.05. The molecule has 0 spiro atoms. The van der Waals surface area contributed by atoms with Gasteiger partial charge in [-0.15, -0.1) is 0 Å². The number of rotatable bonds is 5. The largest absolute Gasteiger partial charge is 0.370 e. The number of Topliss-reactive ketones (excluding diaryl/α,β-unsaturated/α-hetero) is 1. The van der Waals surface area contributed by atoms with E-state index in [4.69, 9.17) is 0 Å². The number of anilines is 2. The van der Waals surface area contributed by atoms with Gasteiger partial charge in [0.15, 0.2) is 0 Å². The van der Waals surface area contributed by atoms with Crippen LogP contribution in [-0.4, -0.2) is 35.4 Å². The fourth-order valence-electron chi connectivity index (χ4n) is 2.39. The Morgan fingerprint density at radius 3 is 2.79 bits per heavy atom. The van der Waals surface area contributed by atoms with E-state index in [1.807, 2.05) is 13.1 Å². The Hall–Kier alpha value is -1.65. The van der Waals surface area contributed by atoms with E-state index in [0.29, 0.717) is 24.7 Å². The topological polar surface area (TPSA) is 58.1 Å². The maximum Gasteiger partial charge on any atom is 0.134 e. The SMILES string of the molecule is CCCNc1cc(N(C)C2CCC(=O)CC2)ncn1. The maximum absolute atomic E-state index is 11.3. The molecule has 0 unspecified atom stereocenters. The van der Waals surface area contributed by atoms with E-state index >= 15 is 0 Å². The van der Waals surface area contributed by atoms with Crippen molar-refractivity contribution in [1.29, 1.82) is 0 Å². The van der Waals surface area contributed by atoms with Crippen LogP contribution in [0.5, 0.6) is 0 Å². The van der Waals surface area contributed by atoms with Crippen LogP contribution in [0.1, 0.15) is 39.0 Å². The van der Waals surface area contributed by atoms with Gasteiger partial charge >= 0.3 is 0 Å². The summed E-state index contributed by atoms with van der Waals surface area (Å²) in [5.74, 6) is 2.18. The molecule has 2 rings (SSSR count). The summed E-state index contributed by atoms with van der Waals surface area (Å²) in [6.07, 6.45) is 5.91. The second-order valence-corrected chi connectivity index (χ2v) is 5.07. The van der Waals surface area contributed by atoms with Gasteiger partial charge in [-0.25, -0.2) is 9.97 Å². The van der Waals surface area contributed by atoms with Gasteiger partial charge in [-0.1, -0.05) is 6.92 Å². The highest BCUT2D eigenvalue weighted by Crippen LogP contribution is 2.24. The third kappa shape index (κ3) is 3.66. The summed E-state index contributed by atoms with van der Waals surface area (Å²) in [6, 6.07) is 2.39. The minimum atomic E-state index is 0.387. The van der Waals surface area contributed by atoms with E-state index in [1.54, 1.807) is 6.33 Å². The van der Waals surface area contributed by atoms with Crippen molar-refractivity contribution in [2.45, 2.75) is 45.1 Å². The van der Waals surface area contributed by atoms with Gasteiger partial charge in [0.2, 0.25) is 0 Å². The molecule has 1 heterocycles. The highest BCUT2D eigenvalue weighted by atomic mass is 16.1. The molecule has 1 fully saturated rings. The van der Waals surface area contributed by atoms with Crippen molar-refractivity contribution in [1.82, 2.24) is 9.97 Å². The van der Waals surface area contributed by atoms with Crippen molar-refractivity contribution in [3.8, 4) is 0 Å². The van der Waals surface area contributed by atoms with Gasteiger partial charge in [0.25, 0.3) is 0 Å². The van der Waals surface area contributed by atoms with Crippen LogP contribution in [0.25, 0.3) is 0 Å². The number of nitrogens with one attached hydrogen (secondary N) is 1. The lowest BCUT2D eigenvalue weighted by molar-refractivity contribution is -0.120. The number of aromatic nitrogens is 2. The molecule has 1 aromatic heterocycles. The van der Waals surface area contributed by atoms with E-state index in [2.05, 4.69) is 27.1 Å². The highest BCUT2D eigenvalue weighted by molar-refractivity contribution is 5.79. The molecular formula is C14H22N4O. The van der Waals surface area contributed by atoms with Crippen LogP contribution in [-0.2, 0) is 4.79 Å². The average Bonchev–Trinajstić information content (AvgIpc) is 2.45. The highest BCUT2D eigenvalue weighted by Gasteiger charge is 2.23. The van der Waals surface area contributed by atoms with Crippen LogP contribution in [0.3, 0.4) is 0 Å². The predicted octanol–water partition coefficient (Wildman–Crippen LogP) is 2.25. The van der Waals surface area contributed by atoms with Gasteiger partial charge in [-0.2, -0.15) is 0 Å². The standard InChI is InChI=1S/C14H22N4O/c1-3-8-15-13-9-14(17-10-16-13)18(2)11-4-6-12(19)7-5-11/h9-11H,3-8H2,1-2H3,(H,15,16,17). The van der Waals surface area contributed by atoms with Crippen molar-refractivity contribution in [2.75, 3.05) is 23.8 Å². The van der Waals surface area contributed by atoms with E-state index in [0.717, 1.165) is 37.4 Å². The van der Waals surface area contributed by atoms with Crippen LogP contribution >= 0.6 is 0 Å². The Kier molecular flexibility index (Phi) is 4.71. The third-order valence-corrected chi connectivity index (χ3v) is 3.63. The first-order valence-electron chi connectivity index (χ1n) is 7.01. The first kappa shape index (κ1) is 13.8. The fraction of sp³-hybridized carbons (Fsp3) is 0.643. The van der Waals surface area contributed by atoms with Crippen molar-refractivity contribution in [3.63, 3.8) is 0 Å². The first-order valence-corrected chi connectivity index (χ1v) is 7.01. The molecule has 1 saturated carbocycles. The van der Waals surface area contributed by atoms with E-state index in [1.165, 1.54) is 0 Å². The van der Waals surface area contributed by atoms with Crippen LogP contribution in [0.4, 0.5) is 11.6 Å². The Morgan fingerprint density at radius 2 is 2.11 bits per heavy atom. The Morgan fingerprint density at radius 1 is 1.37 bits per heavy atom. The predicted molar refractivity (Wildman–Crippen MR) is 76.5 cm³/mol. The lowest BCUT2D eigenvalue weighted by Gasteiger charge is -2.31. The number of hydrogen-bond donors (Lipinski definition) is 1. The van der Waals surface area contributed by atoms with Gasteiger partial charge in [0, 0.05) is 38.5 Å². The summed E-state index contributed by atoms with van der Waals surface area (Å²) in [4.78, 5) is 22.0. The molecule has 19 heavy (non-hydrogen) atoms. The van der Waals surface area contributed by atoms with Crippen LogP contribution < -0.4 is 10.2 Å². The first-order chi connectivity index (χ1) is 9.20. The number of nitrogens with zero attached hydrogens (tertiary/aromatic N) is 3. The normalized spacial score (nSPS) is 16.4. The summed E-state index contributed by atoms with van der Waals surface area (Å²) < 4.78 is 0. The van der Waals surface area contributed by atoms with Crippen LogP contribution in [0.15, 0.2) is 12.4 Å². The fourth-order valence-corrected chi connectivity index (χ4v) is 2.39. The average molecular weight is 262 g/mol. The Bertz CT molecular complexity index is 425. The van der Waals surface area contributed by atoms with Gasteiger partial charge < -0.3 is 10.2 Å². The second-order valence-electron chi connectivity index (χ2n) is 5.07. The van der Waals surface area contributed by atoms with E-state index in [-0.39, 0.29) is 0 Å². The molecule has 1 aromatic rings. The number of carbonyl (C=O) groups is 1. The maximum atomic E-state index is 11.3. The monoisotopic (exact) mass is 262 g/mol. The Labute approximate surface area is 114 Å². The molecule has 0 aliphatic heterocycles. The Balaban J connectivity index is 2.01. The van der Waals surface area contributed by atoms with E-state index in [9.17, 15) is 4.79 Å². The number of hydrogen-bond acceptors (Lipinski definition) is 5. The molecule has 0 radical (unpaired) electrons. The lowest BCUT2D eigenvalue weighted by atomic mass is 9.93. The molecule has 0 bridgehead atoms. The van der Waals surface area contributed by atoms with Crippen molar-refractivity contribution < 1.29 is 4.79 Å². The third-order valence-electron chi connectivity index (χ3n) is 3.63. The van der Waals surface area contributed by atoms with Gasteiger partial charge in [0.05, 0.1) is 0 Å². The summed E-state index contributed by atoms with van der Waals surface area (Å²) in [6.45, 7) is 3.04. The van der Waals surface area contributed by atoms with Crippen molar-refractivity contribution in [3.05, 3.63) is 12.4 Å². The van der Waals surface area contributed by atoms with Crippen LogP contribution in [0, 0.1) is 0 Å². The molecule has 5 nitrogen and oxygen atoms in total. The minimum absolute atomic E-state index is 0.387. The zero-order valence-corrected chi connectivity index (χ0v) is 11.7. The molecule has 104 valence electrons. The molecule has 1 aliphatic carbocycles. The van der Waals surface area contributed by atoms with Gasteiger partial charge in [0.1, 0.15) is 23.7 Å². The number of carbonyl (C=O) groups excluding carboxylic acids is 1. The molecule has 1 N–H and O–H groups in total. The zero-order valence-electron chi connectivity index (χ0n) is 11.7. The molecule has 1 aliphatic rings. The molecule has 0 atom stereocenters. The summed E-state index contributed by atoms with van der Waals surface area (Å²) in [5, 5.41) is 3.27. The lowest BCUT2D eigenvalue weighted by Crippen LogP contribution is -2.35. The molecular weight excluding hydrogens is 240 g/mol. The second kappa shape index (κ2) is 6.50. The molecule has 5 heteroatoms. The molecule has 0 saturated heterocycles. The quantitative estimate of drug-likeness (QED) is 0.882.